The van der Waals surface area contributed by atoms with Crippen LogP contribution in [0, 0.1) is 5.92 Å². The Balaban J connectivity index is 1.54. The lowest BCUT2D eigenvalue weighted by molar-refractivity contribution is -0.133. The van der Waals surface area contributed by atoms with Gasteiger partial charge >= 0.3 is 0 Å². The minimum absolute atomic E-state index is 0.0476. The second kappa shape index (κ2) is 8.02. The number of carbonyl (C=O) groups is 2. The molecule has 2 fully saturated rings. The zero-order chi connectivity index (χ0) is 19.5. The second-order valence-electron chi connectivity index (χ2n) is 7.32. The molecule has 0 unspecified atom stereocenters. The van der Waals surface area contributed by atoms with Gasteiger partial charge in [0.2, 0.25) is 5.91 Å². The van der Waals surface area contributed by atoms with Crippen LogP contribution in [0.1, 0.15) is 15.9 Å². The third-order valence-corrected chi connectivity index (χ3v) is 5.39. The van der Waals surface area contributed by atoms with Gasteiger partial charge in [0.05, 0.1) is 30.7 Å². The van der Waals surface area contributed by atoms with Crippen LogP contribution in [-0.4, -0.2) is 61.0 Å². The maximum Gasteiger partial charge on any atom is 0.257 e. The van der Waals surface area contributed by atoms with Gasteiger partial charge in [-0.15, -0.1) is 0 Å². The molecule has 2 saturated heterocycles. The topological polar surface area (TPSA) is 59.1 Å². The number of carbonyl (C=O) groups excluding carboxylic acids is 2. The predicted octanol–water partition coefficient (Wildman–Crippen LogP) is 2.19. The van der Waals surface area contributed by atoms with Crippen molar-refractivity contribution in [3.63, 3.8) is 0 Å². The Morgan fingerprint density at radius 3 is 2.64 bits per heavy atom. The molecule has 2 bridgehead atoms. The highest BCUT2D eigenvalue weighted by Crippen LogP contribution is 2.25. The van der Waals surface area contributed by atoms with Gasteiger partial charge < -0.3 is 19.3 Å². The summed E-state index contributed by atoms with van der Waals surface area (Å²) in [6.07, 6.45) is 0. The quantitative estimate of drug-likeness (QED) is 0.816. The van der Waals surface area contributed by atoms with Crippen molar-refractivity contribution in [2.24, 2.45) is 5.92 Å². The summed E-state index contributed by atoms with van der Waals surface area (Å²) in [5.41, 5.74) is 1.56. The Morgan fingerprint density at radius 1 is 1.07 bits per heavy atom. The number of amides is 2. The molecule has 0 aliphatic carbocycles. The predicted molar refractivity (Wildman–Crippen MR) is 104 cm³/mol. The molecule has 0 aromatic heterocycles. The summed E-state index contributed by atoms with van der Waals surface area (Å²) in [6, 6.07) is 17.0. The first kappa shape index (κ1) is 18.5. The molecule has 146 valence electrons. The van der Waals surface area contributed by atoms with Crippen LogP contribution in [0.2, 0.25) is 0 Å². The summed E-state index contributed by atoms with van der Waals surface area (Å²) in [4.78, 5) is 29.3. The SMILES string of the molecule is CN1C(=O)[C@H]2COC[C@@H]1CN(C(=O)c1ccccc1OCc1ccccc1)C2. The molecule has 0 radical (unpaired) electrons. The van der Waals surface area contributed by atoms with Gasteiger partial charge in [0.15, 0.2) is 0 Å². The second-order valence-corrected chi connectivity index (χ2v) is 7.32. The number of nitrogens with zero attached hydrogens (tertiary/aromatic N) is 2. The first-order chi connectivity index (χ1) is 13.6. The molecule has 2 aliphatic heterocycles. The molecule has 2 aromatic carbocycles. The smallest absolute Gasteiger partial charge is 0.257 e. The zero-order valence-corrected chi connectivity index (χ0v) is 15.9. The van der Waals surface area contributed by atoms with Gasteiger partial charge in [0.25, 0.3) is 5.91 Å². The summed E-state index contributed by atoms with van der Waals surface area (Å²) < 4.78 is 11.6. The third kappa shape index (κ3) is 3.73. The van der Waals surface area contributed by atoms with Crippen molar-refractivity contribution < 1.29 is 19.1 Å². The van der Waals surface area contributed by atoms with Crippen LogP contribution in [0.25, 0.3) is 0 Å². The fraction of sp³-hybridized carbons (Fsp3) is 0.364. The van der Waals surface area contributed by atoms with E-state index in [2.05, 4.69) is 0 Å². The van der Waals surface area contributed by atoms with E-state index in [0.717, 1.165) is 5.56 Å². The molecule has 2 heterocycles. The van der Waals surface area contributed by atoms with Crippen molar-refractivity contribution in [3.05, 3.63) is 65.7 Å². The van der Waals surface area contributed by atoms with Gasteiger partial charge in [0, 0.05) is 20.1 Å². The molecule has 6 heteroatoms. The molecular weight excluding hydrogens is 356 g/mol. The Morgan fingerprint density at radius 2 is 1.82 bits per heavy atom. The van der Waals surface area contributed by atoms with Crippen LogP contribution in [0.5, 0.6) is 5.75 Å². The molecular formula is C22H24N2O4. The van der Waals surface area contributed by atoms with Crippen molar-refractivity contribution in [2.45, 2.75) is 12.6 Å². The normalized spacial score (nSPS) is 22.0. The maximum absolute atomic E-state index is 13.3. The van der Waals surface area contributed by atoms with Gasteiger partial charge in [-0.05, 0) is 17.7 Å². The third-order valence-electron chi connectivity index (χ3n) is 5.39. The number of hydrogen-bond donors (Lipinski definition) is 0. The zero-order valence-electron chi connectivity index (χ0n) is 15.9. The molecule has 2 aliphatic rings. The van der Waals surface area contributed by atoms with E-state index in [1.165, 1.54) is 0 Å². The van der Waals surface area contributed by atoms with Crippen molar-refractivity contribution in [3.8, 4) is 5.75 Å². The van der Waals surface area contributed by atoms with E-state index >= 15 is 0 Å². The molecule has 28 heavy (non-hydrogen) atoms. The highest BCUT2D eigenvalue weighted by Gasteiger charge is 2.39. The van der Waals surface area contributed by atoms with Crippen molar-refractivity contribution in [2.75, 3.05) is 33.4 Å². The van der Waals surface area contributed by atoms with E-state index in [4.69, 9.17) is 9.47 Å². The van der Waals surface area contributed by atoms with Crippen LogP contribution in [-0.2, 0) is 16.1 Å². The molecule has 2 atom stereocenters. The summed E-state index contributed by atoms with van der Waals surface area (Å²) in [7, 11) is 1.79. The van der Waals surface area contributed by atoms with E-state index in [-0.39, 0.29) is 23.8 Å². The number of fused-ring (bicyclic) bond motifs is 3. The summed E-state index contributed by atoms with van der Waals surface area (Å²) in [5, 5.41) is 0. The van der Waals surface area contributed by atoms with Gasteiger partial charge in [-0.1, -0.05) is 42.5 Å². The lowest BCUT2D eigenvalue weighted by atomic mass is 10.1. The first-order valence-corrected chi connectivity index (χ1v) is 9.53. The van der Waals surface area contributed by atoms with E-state index in [0.29, 0.717) is 44.2 Å². The van der Waals surface area contributed by atoms with Gasteiger partial charge in [-0.25, -0.2) is 0 Å². The van der Waals surface area contributed by atoms with Crippen molar-refractivity contribution >= 4 is 11.8 Å². The minimum atomic E-state index is -0.321. The fourth-order valence-electron chi connectivity index (χ4n) is 3.74. The molecule has 2 aromatic rings. The molecule has 0 saturated carbocycles. The Bertz CT molecular complexity index is 855. The van der Waals surface area contributed by atoms with E-state index in [1.807, 2.05) is 48.5 Å². The summed E-state index contributed by atoms with van der Waals surface area (Å²) in [5.74, 6) is 0.176. The first-order valence-electron chi connectivity index (χ1n) is 9.53. The lowest BCUT2D eigenvalue weighted by Gasteiger charge is -2.29. The highest BCUT2D eigenvalue weighted by molar-refractivity contribution is 5.97. The standard InChI is InChI=1S/C22H24N2O4/c1-23-18-12-24(11-17(21(23)25)14-27-15-18)22(26)19-9-5-6-10-20(19)28-13-16-7-3-2-4-8-16/h2-10,17-18H,11-15H2,1H3/t17-,18+/m1/s1. The van der Waals surface area contributed by atoms with Crippen LogP contribution in [0.4, 0.5) is 0 Å². The van der Waals surface area contributed by atoms with Crippen LogP contribution in [0.15, 0.2) is 54.6 Å². The molecule has 0 spiro atoms. The average molecular weight is 380 g/mol. The number of ether oxygens (including phenoxy) is 2. The number of hydrogen-bond acceptors (Lipinski definition) is 4. The number of para-hydroxylation sites is 1. The molecule has 0 N–H and O–H groups in total. The average Bonchev–Trinajstić information content (AvgIpc) is 2.91. The van der Waals surface area contributed by atoms with E-state index < -0.39 is 0 Å². The lowest BCUT2D eigenvalue weighted by Crippen LogP contribution is -2.45. The molecule has 4 rings (SSSR count). The number of benzene rings is 2. The van der Waals surface area contributed by atoms with Crippen LogP contribution in [0.3, 0.4) is 0 Å². The van der Waals surface area contributed by atoms with E-state index in [1.54, 1.807) is 22.9 Å². The van der Waals surface area contributed by atoms with Crippen molar-refractivity contribution in [1.29, 1.82) is 0 Å². The Labute approximate surface area is 164 Å². The number of likely N-dealkylation sites (N-methyl/N-ethyl adjacent to an activating group) is 1. The van der Waals surface area contributed by atoms with Gasteiger partial charge in [0.1, 0.15) is 12.4 Å². The molecule has 6 nitrogen and oxygen atoms in total. The fourth-order valence-corrected chi connectivity index (χ4v) is 3.74. The minimum Gasteiger partial charge on any atom is -0.488 e. The number of rotatable bonds is 4. The monoisotopic (exact) mass is 380 g/mol. The Kier molecular flexibility index (Phi) is 5.30. The van der Waals surface area contributed by atoms with Crippen LogP contribution < -0.4 is 4.74 Å². The van der Waals surface area contributed by atoms with Gasteiger partial charge in [-0.3, -0.25) is 9.59 Å². The van der Waals surface area contributed by atoms with E-state index in [9.17, 15) is 9.59 Å². The van der Waals surface area contributed by atoms with Crippen LogP contribution >= 0.6 is 0 Å². The van der Waals surface area contributed by atoms with Crippen molar-refractivity contribution in [1.82, 2.24) is 9.80 Å². The van der Waals surface area contributed by atoms with Gasteiger partial charge in [-0.2, -0.15) is 0 Å². The maximum atomic E-state index is 13.3. The summed E-state index contributed by atoms with van der Waals surface area (Å²) >= 11 is 0. The largest absolute Gasteiger partial charge is 0.488 e. The summed E-state index contributed by atoms with van der Waals surface area (Å²) in [6.45, 7) is 2.03. The Hall–Kier alpha value is -2.86. The highest BCUT2D eigenvalue weighted by atomic mass is 16.5. The molecule has 2 amide bonds.